The van der Waals surface area contributed by atoms with Gasteiger partial charge in [0, 0.05) is 12.6 Å². The number of hydrogen-bond donors (Lipinski definition) is 2. The minimum Gasteiger partial charge on any atom is -0.493 e. The van der Waals surface area contributed by atoms with E-state index in [-0.39, 0.29) is 17.4 Å². The lowest BCUT2D eigenvalue weighted by Crippen LogP contribution is -2.51. The molecule has 2 fully saturated rings. The zero-order valence-corrected chi connectivity index (χ0v) is 14.9. The zero-order valence-electron chi connectivity index (χ0n) is 14.9. The van der Waals surface area contributed by atoms with Crippen LogP contribution in [0.25, 0.3) is 0 Å². The van der Waals surface area contributed by atoms with Gasteiger partial charge < -0.3 is 15.8 Å². The van der Waals surface area contributed by atoms with Gasteiger partial charge in [-0.15, -0.1) is 0 Å². The standard InChI is InChI=1S/C20H30N2O2/c1-14(2)13-24-17-8-6-16(7-9-17)20(10-3-11-20)19(23)22-12-18(21)15-4-5-15/h6-9,14-15,18H,3-5,10-13,21H2,1-2H3,(H,22,23). The van der Waals surface area contributed by atoms with Crippen LogP contribution in [-0.4, -0.2) is 25.1 Å². The Balaban J connectivity index is 1.62. The minimum atomic E-state index is -0.361. The van der Waals surface area contributed by atoms with E-state index in [1.807, 2.05) is 12.1 Å². The summed E-state index contributed by atoms with van der Waals surface area (Å²) in [6.45, 7) is 5.58. The molecule has 1 aromatic carbocycles. The Kier molecular flexibility index (Phi) is 5.14. The molecule has 0 heterocycles. The Morgan fingerprint density at radius 2 is 1.96 bits per heavy atom. The van der Waals surface area contributed by atoms with Gasteiger partial charge in [0.15, 0.2) is 0 Å². The van der Waals surface area contributed by atoms with Gasteiger partial charge in [0.05, 0.1) is 12.0 Å². The molecule has 4 nitrogen and oxygen atoms in total. The molecule has 0 bridgehead atoms. The average Bonchev–Trinajstić information content (AvgIpc) is 3.35. The lowest BCUT2D eigenvalue weighted by atomic mass is 9.64. The summed E-state index contributed by atoms with van der Waals surface area (Å²) in [7, 11) is 0. The van der Waals surface area contributed by atoms with Crippen molar-refractivity contribution in [2.75, 3.05) is 13.2 Å². The molecule has 1 unspecified atom stereocenters. The van der Waals surface area contributed by atoms with Crippen molar-refractivity contribution in [3.63, 3.8) is 0 Å². The minimum absolute atomic E-state index is 0.109. The van der Waals surface area contributed by atoms with Crippen molar-refractivity contribution < 1.29 is 9.53 Å². The third-order valence-corrected chi connectivity index (χ3v) is 5.36. The summed E-state index contributed by atoms with van der Waals surface area (Å²) in [6.07, 6.45) is 5.36. The number of carbonyl (C=O) groups is 1. The summed E-state index contributed by atoms with van der Waals surface area (Å²) >= 11 is 0. The summed E-state index contributed by atoms with van der Waals surface area (Å²) in [4.78, 5) is 12.8. The third-order valence-electron chi connectivity index (χ3n) is 5.36. The van der Waals surface area contributed by atoms with E-state index in [2.05, 4.69) is 31.3 Å². The fraction of sp³-hybridized carbons (Fsp3) is 0.650. The van der Waals surface area contributed by atoms with Crippen LogP contribution < -0.4 is 15.8 Å². The molecule has 3 N–H and O–H groups in total. The van der Waals surface area contributed by atoms with Crippen molar-refractivity contribution in [3.8, 4) is 5.75 Å². The second-order valence-corrected chi connectivity index (χ2v) is 7.88. The Bertz CT molecular complexity index is 560. The summed E-state index contributed by atoms with van der Waals surface area (Å²) in [6, 6.07) is 8.18. The van der Waals surface area contributed by atoms with Crippen LogP contribution in [-0.2, 0) is 10.2 Å². The van der Waals surface area contributed by atoms with Gasteiger partial charge in [0.1, 0.15) is 5.75 Å². The first-order chi connectivity index (χ1) is 11.5. The quantitative estimate of drug-likeness (QED) is 0.770. The van der Waals surface area contributed by atoms with Crippen LogP contribution in [0.2, 0.25) is 0 Å². The first-order valence-corrected chi connectivity index (χ1v) is 9.28. The fourth-order valence-corrected chi connectivity index (χ4v) is 3.38. The molecule has 1 amide bonds. The second-order valence-electron chi connectivity index (χ2n) is 7.88. The van der Waals surface area contributed by atoms with Gasteiger partial charge >= 0.3 is 0 Å². The molecule has 0 aliphatic heterocycles. The van der Waals surface area contributed by atoms with E-state index in [1.165, 1.54) is 12.8 Å². The Labute approximate surface area is 145 Å². The van der Waals surface area contributed by atoms with Crippen molar-refractivity contribution in [1.29, 1.82) is 0 Å². The second kappa shape index (κ2) is 7.14. The summed E-state index contributed by atoms with van der Waals surface area (Å²) in [5, 5.41) is 3.10. The maximum Gasteiger partial charge on any atom is 0.230 e. The summed E-state index contributed by atoms with van der Waals surface area (Å²) in [5.41, 5.74) is 6.85. The lowest BCUT2D eigenvalue weighted by molar-refractivity contribution is -0.130. The highest BCUT2D eigenvalue weighted by molar-refractivity contribution is 5.89. The summed E-state index contributed by atoms with van der Waals surface area (Å²) in [5.74, 6) is 2.13. The van der Waals surface area contributed by atoms with E-state index in [0.717, 1.165) is 30.6 Å². The van der Waals surface area contributed by atoms with Crippen LogP contribution in [0, 0.1) is 11.8 Å². The largest absolute Gasteiger partial charge is 0.493 e. The molecule has 2 saturated carbocycles. The van der Waals surface area contributed by atoms with Crippen LogP contribution in [0.4, 0.5) is 0 Å². The van der Waals surface area contributed by atoms with Crippen molar-refractivity contribution in [2.24, 2.45) is 17.6 Å². The number of ether oxygens (including phenoxy) is 1. The number of benzene rings is 1. The number of nitrogens with two attached hydrogens (primary N) is 1. The van der Waals surface area contributed by atoms with Crippen LogP contribution in [0.5, 0.6) is 5.75 Å². The highest BCUT2D eigenvalue weighted by atomic mass is 16.5. The SMILES string of the molecule is CC(C)COc1ccc(C2(C(=O)NCC(N)C3CC3)CCC2)cc1. The third kappa shape index (κ3) is 3.75. The zero-order chi connectivity index (χ0) is 17.2. The molecule has 1 atom stereocenters. The molecular formula is C20H30N2O2. The predicted molar refractivity (Wildman–Crippen MR) is 96.0 cm³/mol. The fourth-order valence-electron chi connectivity index (χ4n) is 3.38. The number of hydrogen-bond acceptors (Lipinski definition) is 3. The molecule has 2 aliphatic carbocycles. The molecule has 0 aromatic heterocycles. The van der Waals surface area contributed by atoms with E-state index in [9.17, 15) is 4.79 Å². The Morgan fingerprint density at radius 1 is 1.29 bits per heavy atom. The molecular weight excluding hydrogens is 300 g/mol. The van der Waals surface area contributed by atoms with E-state index in [1.54, 1.807) is 0 Å². The van der Waals surface area contributed by atoms with Crippen LogP contribution >= 0.6 is 0 Å². The number of carbonyl (C=O) groups excluding carboxylic acids is 1. The van der Waals surface area contributed by atoms with Crippen LogP contribution in [0.1, 0.15) is 51.5 Å². The van der Waals surface area contributed by atoms with Crippen LogP contribution in [0.15, 0.2) is 24.3 Å². The van der Waals surface area contributed by atoms with Gasteiger partial charge in [-0.1, -0.05) is 32.4 Å². The van der Waals surface area contributed by atoms with Crippen molar-refractivity contribution >= 4 is 5.91 Å². The van der Waals surface area contributed by atoms with E-state index >= 15 is 0 Å². The van der Waals surface area contributed by atoms with Gasteiger partial charge in [-0.05, 0) is 55.2 Å². The van der Waals surface area contributed by atoms with Gasteiger partial charge in [-0.2, -0.15) is 0 Å². The molecule has 0 spiro atoms. The Morgan fingerprint density at radius 3 is 2.46 bits per heavy atom. The molecule has 0 radical (unpaired) electrons. The summed E-state index contributed by atoms with van der Waals surface area (Å²) < 4.78 is 5.74. The monoisotopic (exact) mass is 330 g/mol. The smallest absolute Gasteiger partial charge is 0.230 e. The van der Waals surface area contributed by atoms with Gasteiger partial charge in [0.2, 0.25) is 5.91 Å². The maximum absolute atomic E-state index is 12.8. The van der Waals surface area contributed by atoms with Crippen LogP contribution in [0.3, 0.4) is 0 Å². The molecule has 2 aliphatic rings. The van der Waals surface area contributed by atoms with Gasteiger partial charge in [-0.3, -0.25) is 4.79 Å². The van der Waals surface area contributed by atoms with Crippen molar-refractivity contribution in [2.45, 2.75) is 57.4 Å². The van der Waals surface area contributed by atoms with Crippen molar-refractivity contribution in [1.82, 2.24) is 5.32 Å². The lowest BCUT2D eigenvalue weighted by Gasteiger charge is -2.41. The first kappa shape index (κ1) is 17.3. The highest BCUT2D eigenvalue weighted by Gasteiger charge is 2.45. The number of nitrogens with one attached hydrogen (secondary N) is 1. The predicted octanol–water partition coefficient (Wildman–Crippen LogP) is 3.00. The van der Waals surface area contributed by atoms with E-state index in [0.29, 0.717) is 25.0 Å². The van der Waals surface area contributed by atoms with E-state index < -0.39 is 0 Å². The average molecular weight is 330 g/mol. The topological polar surface area (TPSA) is 64.3 Å². The molecule has 1 aromatic rings. The van der Waals surface area contributed by atoms with Gasteiger partial charge in [0.25, 0.3) is 0 Å². The van der Waals surface area contributed by atoms with Crippen molar-refractivity contribution in [3.05, 3.63) is 29.8 Å². The first-order valence-electron chi connectivity index (χ1n) is 9.28. The molecule has 3 rings (SSSR count). The molecule has 4 heteroatoms. The van der Waals surface area contributed by atoms with Gasteiger partial charge in [-0.25, -0.2) is 0 Å². The highest BCUT2D eigenvalue weighted by Crippen LogP contribution is 2.44. The normalized spacial score (nSPS) is 20.3. The van der Waals surface area contributed by atoms with E-state index in [4.69, 9.17) is 10.5 Å². The Hall–Kier alpha value is -1.55. The maximum atomic E-state index is 12.8. The number of amides is 1. The molecule has 24 heavy (non-hydrogen) atoms. The molecule has 0 saturated heterocycles. The number of rotatable bonds is 8. The molecule has 132 valence electrons.